The maximum absolute atomic E-state index is 15.6. The molecule has 0 saturated carbocycles. The number of rotatable bonds is 11. The highest BCUT2D eigenvalue weighted by molar-refractivity contribution is 7.99. The van der Waals surface area contributed by atoms with Crippen LogP contribution in [-0.2, 0) is 0 Å². The van der Waals surface area contributed by atoms with Crippen LogP contribution in [0.25, 0.3) is 10.9 Å². The van der Waals surface area contributed by atoms with E-state index in [2.05, 4.69) is 26.7 Å². The van der Waals surface area contributed by atoms with E-state index >= 15 is 4.39 Å². The number of nitrogens with zero attached hydrogens (tertiary/aromatic N) is 2. The summed E-state index contributed by atoms with van der Waals surface area (Å²) < 4.78 is 20.9. The first-order valence-electron chi connectivity index (χ1n) is 11.8. The minimum Gasteiger partial charge on any atom is -0.497 e. The number of piperidine rings is 1. The van der Waals surface area contributed by atoms with Crippen molar-refractivity contribution in [2.24, 2.45) is 5.41 Å². The van der Waals surface area contributed by atoms with Crippen LogP contribution in [0.4, 0.5) is 4.39 Å². The van der Waals surface area contributed by atoms with E-state index in [0.717, 1.165) is 44.6 Å². The Morgan fingerprint density at radius 3 is 2.85 bits per heavy atom. The van der Waals surface area contributed by atoms with Crippen LogP contribution >= 0.6 is 34.7 Å². The van der Waals surface area contributed by atoms with E-state index in [4.69, 9.17) is 16.3 Å². The van der Waals surface area contributed by atoms with E-state index in [1.807, 2.05) is 23.9 Å². The zero-order valence-corrected chi connectivity index (χ0v) is 21.9. The molecule has 1 aromatic carbocycles. The fourth-order valence-electron chi connectivity index (χ4n) is 4.74. The second-order valence-electron chi connectivity index (χ2n) is 9.07. The molecule has 4 nitrogen and oxygen atoms in total. The summed E-state index contributed by atoms with van der Waals surface area (Å²) >= 11 is 10.0. The van der Waals surface area contributed by atoms with Gasteiger partial charge in [-0.1, -0.05) is 11.6 Å². The minimum absolute atomic E-state index is 0.0974. The number of thiophene rings is 1. The highest BCUT2D eigenvalue weighted by Gasteiger charge is 2.35. The molecule has 0 aliphatic carbocycles. The summed E-state index contributed by atoms with van der Waals surface area (Å²) in [6, 6.07) is 7.61. The van der Waals surface area contributed by atoms with Crippen molar-refractivity contribution in [2.45, 2.75) is 43.2 Å². The second kappa shape index (κ2) is 12.0. The standard InChI is InChI=1S/C26H32ClFN2O2S2/c1-32-19-3-4-24-21(15-19)25(22(27)16-29-24)23(28)5-7-26(18-31)8-11-30(12-9-26)10-2-13-34-20-6-14-33-17-20/h3-4,6,14-17,23,31H,2,5,7-13,18H2,1H3. The van der Waals surface area contributed by atoms with E-state index in [0.29, 0.717) is 40.1 Å². The first-order valence-corrected chi connectivity index (χ1v) is 14.1. The number of benzene rings is 1. The molecule has 8 heteroatoms. The fourth-order valence-corrected chi connectivity index (χ4v) is 6.72. The van der Waals surface area contributed by atoms with Crippen LogP contribution in [0.5, 0.6) is 5.75 Å². The van der Waals surface area contributed by atoms with Gasteiger partial charge in [0.2, 0.25) is 0 Å². The number of ether oxygens (including phenoxy) is 1. The Kier molecular flexibility index (Phi) is 9.10. The molecule has 0 amide bonds. The van der Waals surface area contributed by atoms with Crippen molar-refractivity contribution in [1.29, 1.82) is 0 Å². The summed E-state index contributed by atoms with van der Waals surface area (Å²) in [5, 5.41) is 15.6. The molecule has 1 atom stereocenters. The van der Waals surface area contributed by atoms with E-state index < -0.39 is 6.17 Å². The number of fused-ring (bicyclic) bond motifs is 1. The Bertz CT molecular complexity index is 1060. The lowest BCUT2D eigenvalue weighted by molar-refractivity contribution is 0.0304. The molecular formula is C26H32ClFN2O2S2. The van der Waals surface area contributed by atoms with Gasteiger partial charge in [0.1, 0.15) is 11.9 Å². The maximum atomic E-state index is 15.6. The predicted octanol–water partition coefficient (Wildman–Crippen LogP) is 7.01. The molecule has 184 valence electrons. The van der Waals surface area contributed by atoms with Gasteiger partial charge in [0.25, 0.3) is 0 Å². The van der Waals surface area contributed by atoms with Gasteiger partial charge in [-0.25, -0.2) is 4.39 Å². The first-order chi connectivity index (χ1) is 16.5. The highest BCUT2D eigenvalue weighted by Crippen LogP contribution is 2.42. The number of halogens is 2. The number of alkyl halides is 1. The average molecular weight is 523 g/mol. The van der Waals surface area contributed by atoms with Crippen LogP contribution in [-0.4, -0.2) is 54.1 Å². The maximum Gasteiger partial charge on any atom is 0.127 e. The molecular weight excluding hydrogens is 491 g/mol. The SMILES string of the molecule is COc1ccc2ncc(Cl)c(C(F)CCC3(CO)CCN(CCCSc4ccsc4)CC3)c2c1. The number of hydrogen-bond acceptors (Lipinski definition) is 6. The Balaban J connectivity index is 1.31. The van der Waals surface area contributed by atoms with Gasteiger partial charge in [-0.05, 0) is 92.6 Å². The van der Waals surface area contributed by atoms with Crippen molar-refractivity contribution in [3.63, 3.8) is 0 Å². The van der Waals surface area contributed by atoms with Crippen LogP contribution in [0.2, 0.25) is 5.02 Å². The lowest BCUT2D eigenvalue weighted by Gasteiger charge is -2.41. The van der Waals surface area contributed by atoms with Crippen LogP contribution in [0, 0.1) is 5.41 Å². The van der Waals surface area contributed by atoms with Crippen molar-refractivity contribution < 1.29 is 14.2 Å². The lowest BCUT2D eigenvalue weighted by atomic mass is 9.74. The number of aliphatic hydroxyl groups excluding tert-OH is 1. The third-order valence-electron chi connectivity index (χ3n) is 6.94. The first kappa shape index (κ1) is 25.7. The molecule has 1 fully saturated rings. The number of pyridine rings is 1. The van der Waals surface area contributed by atoms with E-state index in [-0.39, 0.29) is 12.0 Å². The second-order valence-corrected chi connectivity index (χ2v) is 11.4. The van der Waals surface area contributed by atoms with E-state index in [9.17, 15) is 5.11 Å². The number of methoxy groups -OCH3 is 1. The highest BCUT2D eigenvalue weighted by atomic mass is 35.5. The Hall–Kier alpha value is -1.38. The summed E-state index contributed by atoms with van der Waals surface area (Å²) in [5.41, 5.74) is 0.948. The largest absolute Gasteiger partial charge is 0.497 e. The molecule has 2 aromatic heterocycles. The van der Waals surface area contributed by atoms with Gasteiger partial charge >= 0.3 is 0 Å². The van der Waals surface area contributed by atoms with Gasteiger partial charge in [-0.2, -0.15) is 11.3 Å². The number of aliphatic hydroxyl groups is 1. The molecule has 3 heterocycles. The Morgan fingerprint density at radius 1 is 1.32 bits per heavy atom. The molecule has 1 aliphatic rings. The lowest BCUT2D eigenvalue weighted by Crippen LogP contribution is -2.42. The van der Waals surface area contributed by atoms with Gasteiger partial charge in [0.05, 0.1) is 17.6 Å². The Morgan fingerprint density at radius 2 is 2.15 bits per heavy atom. The average Bonchev–Trinajstić information content (AvgIpc) is 3.39. The molecule has 0 radical (unpaired) electrons. The summed E-state index contributed by atoms with van der Waals surface area (Å²) in [4.78, 5) is 8.16. The van der Waals surface area contributed by atoms with Gasteiger partial charge in [0.15, 0.2) is 0 Å². The van der Waals surface area contributed by atoms with Crippen molar-refractivity contribution >= 4 is 45.6 Å². The van der Waals surface area contributed by atoms with Crippen LogP contribution in [0.3, 0.4) is 0 Å². The zero-order chi connectivity index (χ0) is 24.0. The van der Waals surface area contributed by atoms with Gasteiger partial charge in [-0.15, -0.1) is 11.8 Å². The Labute approximate surface area is 214 Å². The van der Waals surface area contributed by atoms with Crippen molar-refractivity contribution in [2.75, 3.05) is 39.1 Å². The molecule has 1 unspecified atom stereocenters. The quantitative estimate of drug-likeness (QED) is 0.217. The number of hydrogen-bond donors (Lipinski definition) is 1. The molecule has 1 N–H and O–H groups in total. The molecule has 1 aliphatic heterocycles. The number of aromatic nitrogens is 1. The summed E-state index contributed by atoms with van der Waals surface area (Å²) in [6.07, 6.45) is 4.20. The summed E-state index contributed by atoms with van der Waals surface area (Å²) in [7, 11) is 1.59. The fraction of sp³-hybridized carbons (Fsp3) is 0.500. The monoisotopic (exact) mass is 522 g/mol. The molecule has 1 saturated heterocycles. The van der Waals surface area contributed by atoms with Gasteiger partial charge in [-0.3, -0.25) is 4.98 Å². The smallest absolute Gasteiger partial charge is 0.127 e. The van der Waals surface area contributed by atoms with Gasteiger partial charge < -0.3 is 14.7 Å². The van der Waals surface area contributed by atoms with Gasteiger partial charge in [0, 0.05) is 34.0 Å². The number of likely N-dealkylation sites (tertiary alicyclic amines) is 1. The van der Waals surface area contributed by atoms with E-state index in [1.165, 1.54) is 11.1 Å². The van der Waals surface area contributed by atoms with Crippen molar-refractivity contribution in [1.82, 2.24) is 9.88 Å². The molecule has 3 aromatic rings. The molecule has 0 spiro atoms. The molecule has 34 heavy (non-hydrogen) atoms. The number of thioether (sulfide) groups is 1. The zero-order valence-electron chi connectivity index (χ0n) is 19.5. The molecule has 0 bridgehead atoms. The van der Waals surface area contributed by atoms with Crippen molar-refractivity contribution in [3.8, 4) is 5.75 Å². The predicted molar refractivity (Wildman–Crippen MR) is 141 cm³/mol. The third kappa shape index (κ3) is 6.24. The summed E-state index contributed by atoms with van der Waals surface area (Å²) in [5.74, 6) is 1.77. The van der Waals surface area contributed by atoms with Crippen LogP contribution < -0.4 is 4.74 Å². The third-order valence-corrected chi connectivity index (χ3v) is 9.16. The van der Waals surface area contributed by atoms with E-state index in [1.54, 1.807) is 24.5 Å². The topological polar surface area (TPSA) is 45.6 Å². The summed E-state index contributed by atoms with van der Waals surface area (Å²) in [6.45, 7) is 3.08. The van der Waals surface area contributed by atoms with Crippen LogP contribution in [0.15, 0.2) is 46.1 Å². The molecule has 4 rings (SSSR count). The van der Waals surface area contributed by atoms with Crippen molar-refractivity contribution in [3.05, 3.63) is 51.8 Å². The van der Waals surface area contributed by atoms with Crippen LogP contribution in [0.1, 0.15) is 43.8 Å². The minimum atomic E-state index is -1.22. The normalized spacial score (nSPS) is 17.2.